The fourth-order valence-electron chi connectivity index (χ4n) is 4.32. The van der Waals surface area contributed by atoms with E-state index in [9.17, 15) is 4.79 Å². The van der Waals surface area contributed by atoms with Crippen LogP contribution < -0.4 is 10.6 Å². The van der Waals surface area contributed by atoms with E-state index >= 15 is 0 Å². The van der Waals surface area contributed by atoms with Crippen molar-refractivity contribution in [2.75, 3.05) is 6.54 Å². The van der Waals surface area contributed by atoms with Crippen molar-refractivity contribution in [3.05, 3.63) is 0 Å². The average molecular weight is 250 g/mol. The van der Waals surface area contributed by atoms with Crippen molar-refractivity contribution in [3.8, 4) is 0 Å². The number of hydrogen-bond acceptors (Lipinski definition) is 2. The maximum absolute atomic E-state index is 12.4. The lowest BCUT2D eigenvalue weighted by molar-refractivity contribution is -0.124. The van der Waals surface area contributed by atoms with Crippen molar-refractivity contribution in [2.45, 2.75) is 58.0 Å². The number of rotatable bonds is 2. The van der Waals surface area contributed by atoms with Gasteiger partial charge in [0.25, 0.3) is 0 Å². The number of amides is 1. The van der Waals surface area contributed by atoms with Gasteiger partial charge in [-0.2, -0.15) is 0 Å². The molecule has 3 nitrogen and oxygen atoms in total. The van der Waals surface area contributed by atoms with Gasteiger partial charge in [0.1, 0.15) is 0 Å². The van der Waals surface area contributed by atoms with Gasteiger partial charge >= 0.3 is 0 Å². The highest BCUT2D eigenvalue weighted by Crippen LogP contribution is 2.38. The summed E-state index contributed by atoms with van der Waals surface area (Å²) < 4.78 is 0. The highest BCUT2D eigenvalue weighted by Gasteiger charge is 2.43. The van der Waals surface area contributed by atoms with E-state index in [2.05, 4.69) is 24.5 Å². The van der Waals surface area contributed by atoms with Crippen molar-refractivity contribution in [3.63, 3.8) is 0 Å². The molecule has 3 rings (SSSR count). The Morgan fingerprint density at radius 1 is 1.17 bits per heavy atom. The molecular weight excluding hydrogens is 224 g/mol. The van der Waals surface area contributed by atoms with Gasteiger partial charge in [-0.3, -0.25) is 4.79 Å². The fraction of sp³-hybridized carbons (Fsp3) is 0.933. The molecule has 3 fully saturated rings. The molecule has 1 amide bonds. The minimum Gasteiger partial charge on any atom is -0.352 e. The lowest BCUT2D eigenvalue weighted by Crippen LogP contribution is -2.48. The summed E-state index contributed by atoms with van der Waals surface area (Å²) in [6, 6.07) is 0.510. The van der Waals surface area contributed by atoms with Gasteiger partial charge in [0.15, 0.2) is 0 Å². The molecule has 2 N–H and O–H groups in total. The number of hydrogen-bond donors (Lipinski definition) is 2. The van der Waals surface area contributed by atoms with Crippen LogP contribution in [0.15, 0.2) is 0 Å². The van der Waals surface area contributed by atoms with E-state index in [1.54, 1.807) is 0 Å². The van der Waals surface area contributed by atoms with Crippen molar-refractivity contribution in [1.82, 2.24) is 10.6 Å². The van der Waals surface area contributed by atoms with E-state index in [-0.39, 0.29) is 11.9 Å². The molecule has 6 unspecified atom stereocenters. The van der Waals surface area contributed by atoms with Crippen molar-refractivity contribution >= 4 is 5.91 Å². The summed E-state index contributed by atoms with van der Waals surface area (Å²) in [5.74, 6) is 3.04. The lowest BCUT2D eigenvalue weighted by atomic mass is 9.92. The Balaban J connectivity index is 1.58. The summed E-state index contributed by atoms with van der Waals surface area (Å²) in [6.45, 7) is 5.64. The van der Waals surface area contributed by atoms with Crippen LogP contribution in [0.1, 0.15) is 46.0 Å². The van der Waals surface area contributed by atoms with Crippen LogP contribution in [0.5, 0.6) is 0 Å². The van der Waals surface area contributed by atoms with Crippen LogP contribution in [0, 0.1) is 23.7 Å². The largest absolute Gasteiger partial charge is 0.352 e. The predicted octanol–water partition coefficient (Wildman–Crippen LogP) is 1.93. The summed E-state index contributed by atoms with van der Waals surface area (Å²) in [7, 11) is 0. The molecule has 0 aromatic rings. The Hall–Kier alpha value is -0.570. The molecular formula is C15H26N2O. The fourth-order valence-corrected chi connectivity index (χ4v) is 4.32. The van der Waals surface area contributed by atoms with Crippen LogP contribution in [0.2, 0.25) is 0 Å². The first-order valence-corrected chi connectivity index (χ1v) is 7.70. The van der Waals surface area contributed by atoms with Gasteiger partial charge in [0.05, 0.1) is 6.04 Å². The van der Waals surface area contributed by atoms with Crippen LogP contribution in [-0.4, -0.2) is 24.5 Å². The Bertz CT molecular complexity index is 330. The zero-order valence-electron chi connectivity index (χ0n) is 11.6. The molecule has 2 saturated carbocycles. The number of nitrogens with one attached hydrogen (secondary N) is 2. The third kappa shape index (κ3) is 2.07. The van der Waals surface area contributed by atoms with Crippen LogP contribution in [0.25, 0.3) is 0 Å². The molecule has 3 heteroatoms. The minimum absolute atomic E-state index is 0.0978. The maximum Gasteiger partial charge on any atom is 0.237 e. The Kier molecular flexibility index (Phi) is 3.35. The third-order valence-corrected chi connectivity index (χ3v) is 5.82. The Labute approximate surface area is 110 Å². The normalized spacial score (nSPS) is 47.2. The highest BCUT2D eigenvalue weighted by atomic mass is 16.2. The van der Waals surface area contributed by atoms with Crippen LogP contribution in [0.3, 0.4) is 0 Å². The standard InChI is InChI=1S/C15H26N2O/c1-9-6-7-13(10(9)2)17-15(18)14-12-5-3-4-11(12)8-16-14/h9-14,16H,3-8H2,1-2H3,(H,17,18). The molecule has 0 aromatic heterocycles. The number of fused-ring (bicyclic) bond motifs is 1. The minimum atomic E-state index is 0.0978. The van der Waals surface area contributed by atoms with Crippen molar-refractivity contribution < 1.29 is 4.79 Å². The molecule has 18 heavy (non-hydrogen) atoms. The van der Waals surface area contributed by atoms with Gasteiger partial charge in [0, 0.05) is 6.04 Å². The second-order valence-corrected chi connectivity index (χ2v) is 6.77. The van der Waals surface area contributed by atoms with Gasteiger partial charge in [-0.05, 0) is 55.9 Å². The summed E-state index contributed by atoms with van der Waals surface area (Å²) in [5.41, 5.74) is 0. The molecule has 0 bridgehead atoms. The van der Waals surface area contributed by atoms with E-state index in [4.69, 9.17) is 0 Å². The molecule has 0 radical (unpaired) electrons. The van der Waals surface area contributed by atoms with E-state index < -0.39 is 0 Å². The second kappa shape index (κ2) is 4.84. The van der Waals surface area contributed by atoms with E-state index in [1.807, 2.05) is 0 Å². The van der Waals surface area contributed by atoms with Crippen molar-refractivity contribution in [2.24, 2.45) is 23.7 Å². The first kappa shape index (κ1) is 12.5. The monoisotopic (exact) mass is 250 g/mol. The zero-order valence-corrected chi connectivity index (χ0v) is 11.6. The van der Waals surface area contributed by atoms with Crippen LogP contribution in [-0.2, 0) is 4.79 Å². The molecule has 1 saturated heterocycles. The maximum atomic E-state index is 12.4. The Morgan fingerprint density at radius 2 is 2.00 bits per heavy atom. The third-order valence-electron chi connectivity index (χ3n) is 5.82. The molecule has 6 atom stereocenters. The predicted molar refractivity (Wildman–Crippen MR) is 72.1 cm³/mol. The SMILES string of the molecule is CC1CCC(NC(=O)C2NCC3CCCC32)C1C. The molecule has 0 aromatic carbocycles. The van der Waals surface area contributed by atoms with Crippen LogP contribution in [0.4, 0.5) is 0 Å². The van der Waals surface area contributed by atoms with Gasteiger partial charge in [-0.15, -0.1) is 0 Å². The Morgan fingerprint density at radius 3 is 2.72 bits per heavy atom. The van der Waals surface area contributed by atoms with E-state index in [0.717, 1.165) is 24.8 Å². The summed E-state index contributed by atoms with van der Waals surface area (Å²) in [4.78, 5) is 12.4. The first-order chi connectivity index (χ1) is 8.66. The summed E-state index contributed by atoms with van der Waals surface area (Å²) in [5, 5.41) is 6.76. The van der Waals surface area contributed by atoms with Gasteiger partial charge in [-0.1, -0.05) is 20.3 Å². The zero-order chi connectivity index (χ0) is 12.7. The summed E-state index contributed by atoms with van der Waals surface area (Å²) >= 11 is 0. The van der Waals surface area contributed by atoms with Gasteiger partial charge < -0.3 is 10.6 Å². The van der Waals surface area contributed by atoms with E-state index in [1.165, 1.54) is 25.7 Å². The molecule has 102 valence electrons. The quantitative estimate of drug-likeness (QED) is 0.786. The van der Waals surface area contributed by atoms with Gasteiger partial charge in [0.2, 0.25) is 5.91 Å². The number of carbonyl (C=O) groups excluding carboxylic acids is 1. The first-order valence-electron chi connectivity index (χ1n) is 7.70. The average Bonchev–Trinajstić information content (AvgIpc) is 3.00. The molecule has 2 aliphatic carbocycles. The second-order valence-electron chi connectivity index (χ2n) is 6.77. The van der Waals surface area contributed by atoms with Gasteiger partial charge in [-0.25, -0.2) is 0 Å². The number of carbonyl (C=O) groups is 1. The molecule has 3 aliphatic rings. The molecule has 1 heterocycles. The van der Waals surface area contributed by atoms with Crippen molar-refractivity contribution in [1.29, 1.82) is 0 Å². The smallest absolute Gasteiger partial charge is 0.237 e. The molecule has 1 aliphatic heterocycles. The van der Waals surface area contributed by atoms with E-state index in [0.29, 0.717) is 17.9 Å². The highest BCUT2D eigenvalue weighted by molar-refractivity contribution is 5.83. The molecule has 0 spiro atoms. The summed E-state index contributed by atoms with van der Waals surface area (Å²) in [6.07, 6.45) is 6.30. The topological polar surface area (TPSA) is 41.1 Å². The van der Waals surface area contributed by atoms with Crippen LogP contribution >= 0.6 is 0 Å². The lowest BCUT2D eigenvalue weighted by Gasteiger charge is -2.24.